The third kappa shape index (κ3) is 2.52. The van der Waals surface area contributed by atoms with Gasteiger partial charge in [-0.3, -0.25) is 0 Å². The van der Waals surface area contributed by atoms with Crippen LogP contribution in [0.1, 0.15) is 38.3 Å². The summed E-state index contributed by atoms with van der Waals surface area (Å²) < 4.78 is 0. The van der Waals surface area contributed by atoms with E-state index in [-0.39, 0.29) is 18.7 Å². The first-order chi connectivity index (χ1) is 8.67. The average Bonchev–Trinajstić information content (AvgIpc) is 2.79. The van der Waals surface area contributed by atoms with E-state index in [2.05, 4.69) is 43.0 Å². The lowest BCUT2D eigenvalue weighted by Gasteiger charge is -2.27. The smallest absolute Gasteiger partial charge is 0.0637 e. The molecule has 0 aliphatic carbocycles. The van der Waals surface area contributed by atoms with Crippen LogP contribution in [-0.4, -0.2) is 24.3 Å². The standard InChI is InChI=1S/C15H24N2O/c1-3-14(16)12-4-6-13(7-5-12)17-9-8-11(2)15(17)10-18/h4-7,11,14-15,18H,3,8-10,16H2,1-2H3/t11?,14-,15?/m0/s1. The molecule has 1 heterocycles. The molecule has 3 atom stereocenters. The Balaban J connectivity index is 2.14. The zero-order valence-electron chi connectivity index (χ0n) is 11.3. The van der Waals surface area contributed by atoms with Gasteiger partial charge >= 0.3 is 0 Å². The van der Waals surface area contributed by atoms with Crippen molar-refractivity contribution in [2.24, 2.45) is 11.7 Å². The van der Waals surface area contributed by atoms with Gasteiger partial charge in [0.25, 0.3) is 0 Å². The highest BCUT2D eigenvalue weighted by Gasteiger charge is 2.30. The molecule has 1 saturated heterocycles. The van der Waals surface area contributed by atoms with Crippen molar-refractivity contribution in [3.8, 4) is 0 Å². The molecule has 2 rings (SSSR count). The van der Waals surface area contributed by atoms with Gasteiger partial charge in [-0.2, -0.15) is 0 Å². The van der Waals surface area contributed by atoms with Gasteiger partial charge in [0.15, 0.2) is 0 Å². The van der Waals surface area contributed by atoms with E-state index in [1.165, 1.54) is 11.3 Å². The second kappa shape index (κ2) is 5.72. The van der Waals surface area contributed by atoms with Crippen molar-refractivity contribution in [1.29, 1.82) is 0 Å². The van der Waals surface area contributed by atoms with E-state index in [9.17, 15) is 5.11 Å². The second-order valence-electron chi connectivity index (χ2n) is 5.32. The Morgan fingerprint density at radius 2 is 2.06 bits per heavy atom. The van der Waals surface area contributed by atoms with Crippen LogP contribution < -0.4 is 10.6 Å². The largest absolute Gasteiger partial charge is 0.394 e. The first kappa shape index (κ1) is 13.4. The van der Waals surface area contributed by atoms with Crippen molar-refractivity contribution in [2.45, 2.75) is 38.8 Å². The zero-order chi connectivity index (χ0) is 13.1. The molecule has 0 saturated carbocycles. The summed E-state index contributed by atoms with van der Waals surface area (Å²) in [5.74, 6) is 0.563. The monoisotopic (exact) mass is 248 g/mol. The topological polar surface area (TPSA) is 49.5 Å². The molecule has 1 aromatic carbocycles. The number of rotatable bonds is 4. The van der Waals surface area contributed by atoms with Crippen LogP contribution in [0.2, 0.25) is 0 Å². The third-order valence-electron chi connectivity index (χ3n) is 4.16. The van der Waals surface area contributed by atoms with Gasteiger partial charge in [-0.1, -0.05) is 26.0 Å². The lowest BCUT2D eigenvalue weighted by atomic mass is 10.0. The minimum Gasteiger partial charge on any atom is -0.394 e. The molecule has 3 N–H and O–H groups in total. The maximum atomic E-state index is 9.49. The number of hydrogen-bond donors (Lipinski definition) is 2. The van der Waals surface area contributed by atoms with Crippen LogP contribution in [0.15, 0.2) is 24.3 Å². The number of aliphatic hydroxyl groups excluding tert-OH is 1. The molecule has 18 heavy (non-hydrogen) atoms. The first-order valence-corrected chi connectivity index (χ1v) is 6.90. The Morgan fingerprint density at radius 1 is 1.39 bits per heavy atom. The van der Waals surface area contributed by atoms with Gasteiger partial charge in [0, 0.05) is 18.3 Å². The third-order valence-corrected chi connectivity index (χ3v) is 4.16. The summed E-state index contributed by atoms with van der Waals surface area (Å²) in [5, 5.41) is 9.49. The molecular weight excluding hydrogens is 224 g/mol. The van der Waals surface area contributed by atoms with E-state index in [4.69, 9.17) is 5.73 Å². The molecule has 0 radical (unpaired) electrons. The molecule has 2 unspecified atom stereocenters. The van der Waals surface area contributed by atoms with Crippen molar-refractivity contribution in [3.63, 3.8) is 0 Å². The SMILES string of the molecule is CC[C@H](N)c1ccc(N2CCC(C)C2CO)cc1. The normalized spacial score (nSPS) is 25.4. The molecule has 100 valence electrons. The lowest BCUT2D eigenvalue weighted by molar-refractivity contribution is 0.245. The number of benzene rings is 1. The highest BCUT2D eigenvalue weighted by molar-refractivity contribution is 5.50. The number of nitrogens with zero attached hydrogens (tertiary/aromatic N) is 1. The molecule has 1 fully saturated rings. The quantitative estimate of drug-likeness (QED) is 0.859. The minimum absolute atomic E-state index is 0.130. The number of nitrogens with two attached hydrogens (primary N) is 1. The Kier molecular flexibility index (Phi) is 4.25. The molecule has 1 aromatic rings. The van der Waals surface area contributed by atoms with Gasteiger partial charge in [0.1, 0.15) is 0 Å². The summed E-state index contributed by atoms with van der Waals surface area (Å²) >= 11 is 0. The van der Waals surface area contributed by atoms with E-state index in [1.54, 1.807) is 0 Å². The highest BCUT2D eigenvalue weighted by atomic mass is 16.3. The van der Waals surface area contributed by atoms with E-state index in [1.807, 2.05) is 0 Å². The Hall–Kier alpha value is -1.06. The lowest BCUT2D eigenvalue weighted by Crippen LogP contribution is -2.35. The fourth-order valence-corrected chi connectivity index (χ4v) is 2.76. The Bertz CT molecular complexity index is 377. The summed E-state index contributed by atoms with van der Waals surface area (Å²) in [5.41, 5.74) is 8.41. The second-order valence-corrected chi connectivity index (χ2v) is 5.32. The molecule has 1 aliphatic heterocycles. The maximum absolute atomic E-state index is 9.49. The van der Waals surface area contributed by atoms with Crippen LogP contribution in [0, 0.1) is 5.92 Å². The fraction of sp³-hybridized carbons (Fsp3) is 0.600. The molecule has 3 heteroatoms. The fourth-order valence-electron chi connectivity index (χ4n) is 2.76. The summed E-state index contributed by atoms with van der Waals surface area (Å²) in [4.78, 5) is 2.31. The Labute approximate surface area is 110 Å². The molecule has 3 nitrogen and oxygen atoms in total. The predicted molar refractivity (Wildman–Crippen MR) is 75.7 cm³/mol. The highest BCUT2D eigenvalue weighted by Crippen LogP contribution is 2.30. The summed E-state index contributed by atoms with van der Waals surface area (Å²) in [6, 6.07) is 8.87. The number of anilines is 1. The van der Waals surface area contributed by atoms with Gasteiger partial charge < -0.3 is 15.7 Å². The van der Waals surface area contributed by atoms with E-state index in [0.29, 0.717) is 5.92 Å². The van der Waals surface area contributed by atoms with Gasteiger partial charge in [-0.05, 0) is 36.5 Å². The average molecular weight is 248 g/mol. The van der Waals surface area contributed by atoms with Crippen LogP contribution in [-0.2, 0) is 0 Å². The van der Waals surface area contributed by atoms with Crippen molar-refractivity contribution in [2.75, 3.05) is 18.1 Å². The molecule has 0 bridgehead atoms. The van der Waals surface area contributed by atoms with Crippen LogP contribution in [0.25, 0.3) is 0 Å². The van der Waals surface area contributed by atoms with E-state index in [0.717, 1.165) is 19.4 Å². The van der Waals surface area contributed by atoms with Crippen LogP contribution >= 0.6 is 0 Å². The molecule has 0 spiro atoms. The first-order valence-electron chi connectivity index (χ1n) is 6.90. The van der Waals surface area contributed by atoms with Crippen LogP contribution in [0.5, 0.6) is 0 Å². The van der Waals surface area contributed by atoms with Crippen molar-refractivity contribution < 1.29 is 5.11 Å². The van der Waals surface area contributed by atoms with Gasteiger partial charge in [-0.25, -0.2) is 0 Å². The van der Waals surface area contributed by atoms with Gasteiger partial charge in [-0.15, -0.1) is 0 Å². The zero-order valence-corrected chi connectivity index (χ0v) is 11.3. The molecule has 0 aromatic heterocycles. The van der Waals surface area contributed by atoms with Crippen LogP contribution in [0.4, 0.5) is 5.69 Å². The number of aliphatic hydroxyl groups is 1. The molecule has 1 aliphatic rings. The van der Waals surface area contributed by atoms with E-state index >= 15 is 0 Å². The summed E-state index contributed by atoms with van der Waals surface area (Å²) in [7, 11) is 0. The van der Waals surface area contributed by atoms with Crippen molar-refractivity contribution in [3.05, 3.63) is 29.8 Å². The van der Waals surface area contributed by atoms with Crippen molar-refractivity contribution >= 4 is 5.69 Å². The van der Waals surface area contributed by atoms with Gasteiger partial charge in [0.2, 0.25) is 0 Å². The molecule has 0 amide bonds. The Morgan fingerprint density at radius 3 is 2.61 bits per heavy atom. The maximum Gasteiger partial charge on any atom is 0.0637 e. The van der Waals surface area contributed by atoms with Crippen molar-refractivity contribution in [1.82, 2.24) is 0 Å². The minimum atomic E-state index is 0.130. The summed E-state index contributed by atoms with van der Waals surface area (Å²) in [6.07, 6.45) is 2.11. The molecular formula is C15H24N2O. The van der Waals surface area contributed by atoms with Crippen LogP contribution in [0.3, 0.4) is 0 Å². The number of hydrogen-bond acceptors (Lipinski definition) is 3. The summed E-state index contributed by atoms with van der Waals surface area (Å²) in [6.45, 7) is 5.58. The predicted octanol–water partition coefficient (Wildman–Crippen LogP) is 2.30. The van der Waals surface area contributed by atoms with Gasteiger partial charge in [0.05, 0.1) is 12.6 Å². The van der Waals surface area contributed by atoms with E-state index < -0.39 is 0 Å².